The van der Waals surface area contributed by atoms with E-state index in [9.17, 15) is 5.11 Å². The highest BCUT2D eigenvalue weighted by atomic mass is 32.2. The molecule has 1 heterocycles. The van der Waals surface area contributed by atoms with Crippen LogP contribution in [0.1, 0.15) is 5.69 Å². The van der Waals surface area contributed by atoms with Gasteiger partial charge in [0.25, 0.3) is 0 Å². The molecule has 0 aliphatic carbocycles. The van der Waals surface area contributed by atoms with E-state index in [1.165, 1.54) is 0 Å². The summed E-state index contributed by atoms with van der Waals surface area (Å²) >= 11 is 1.60. The van der Waals surface area contributed by atoms with Crippen molar-refractivity contribution < 1.29 is 5.11 Å². The maximum absolute atomic E-state index is 9.22. The van der Waals surface area contributed by atoms with Gasteiger partial charge in [0.2, 0.25) is 0 Å². The van der Waals surface area contributed by atoms with Crippen LogP contribution < -0.4 is 0 Å². The molecule has 0 spiro atoms. The highest BCUT2D eigenvalue weighted by Gasteiger charge is 2.07. The van der Waals surface area contributed by atoms with E-state index in [0.29, 0.717) is 0 Å². The number of phenolic OH excluding ortho intramolecular Hbond substituents is 1. The molecule has 15 heavy (non-hydrogen) atoms. The van der Waals surface area contributed by atoms with E-state index >= 15 is 0 Å². The van der Waals surface area contributed by atoms with Gasteiger partial charge in [0.1, 0.15) is 5.75 Å². The van der Waals surface area contributed by atoms with E-state index in [2.05, 4.69) is 9.55 Å². The fourth-order valence-corrected chi connectivity index (χ4v) is 2.06. The van der Waals surface area contributed by atoms with Gasteiger partial charge in [-0.05, 0) is 37.4 Å². The lowest BCUT2D eigenvalue weighted by atomic mass is 10.3. The molecule has 1 aromatic heterocycles. The zero-order valence-electron chi connectivity index (χ0n) is 8.64. The molecule has 3 nitrogen and oxygen atoms in total. The standard InChI is InChI=1S/C11H12N2OS/c1-8-7-12-11(15-2)13(8)9-3-5-10(14)6-4-9/h3-7,14H,1-2H3. The van der Waals surface area contributed by atoms with Gasteiger partial charge in [-0.15, -0.1) is 0 Å². The summed E-state index contributed by atoms with van der Waals surface area (Å²) in [5, 5.41) is 10.2. The number of imidazole rings is 1. The Morgan fingerprint density at radius 2 is 1.93 bits per heavy atom. The van der Waals surface area contributed by atoms with Crippen LogP contribution in [0, 0.1) is 6.92 Å². The van der Waals surface area contributed by atoms with Crippen LogP contribution in [0.15, 0.2) is 35.6 Å². The van der Waals surface area contributed by atoms with Gasteiger partial charge in [-0.1, -0.05) is 11.8 Å². The van der Waals surface area contributed by atoms with Crippen LogP contribution in [0.25, 0.3) is 5.69 Å². The predicted molar refractivity (Wildman–Crippen MR) is 61.7 cm³/mol. The van der Waals surface area contributed by atoms with Gasteiger partial charge in [0.15, 0.2) is 5.16 Å². The molecule has 0 aliphatic rings. The van der Waals surface area contributed by atoms with Gasteiger partial charge >= 0.3 is 0 Å². The Hall–Kier alpha value is -1.42. The second-order valence-corrected chi connectivity index (χ2v) is 4.01. The second kappa shape index (κ2) is 3.98. The minimum atomic E-state index is 0.280. The summed E-state index contributed by atoms with van der Waals surface area (Å²) in [6.07, 6.45) is 3.84. The van der Waals surface area contributed by atoms with Crippen LogP contribution in [0.2, 0.25) is 0 Å². The van der Waals surface area contributed by atoms with Crippen LogP contribution in [-0.2, 0) is 0 Å². The first-order valence-electron chi connectivity index (χ1n) is 4.60. The van der Waals surface area contributed by atoms with Gasteiger partial charge in [0, 0.05) is 17.6 Å². The van der Waals surface area contributed by atoms with Crippen LogP contribution in [0.3, 0.4) is 0 Å². The summed E-state index contributed by atoms with van der Waals surface area (Å²) in [6, 6.07) is 7.12. The fourth-order valence-electron chi connectivity index (χ4n) is 1.47. The SMILES string of the molecule is CSc1ncc(C)n1-c1ccc(O)cc1. The van der Waals surface area contributed by atoms with Crippen molar-refractivity contribution in [3.8, 4) is 11.4 Å². The van der Waals surface area contributed by atoms with E-state index in [4.69, 9.17) is 0 Å². The highest BCUT2D eigenvalue weighted by Crippen LogP contribution is 2.22. The normalized spacial score (nSPS) is 10.5. The molecule has 0 aliphatic heterocycles. The molecule has 2 aromatic rings. The van der Waals surface area contributed by atoms with E-state index in [1.54, 1.807) is 23.9 Å². The molecular weight excluding hydrogens is 208 g/mol. The molecule has 78 valence electrons. The number of hydrogen-bond acceptors (Lipinski definition) is 3. The summed E-state index contributed by atoms with van der Waals surface area (Å²) in [7, 11) is 0. The van der Waals surface area contributed by atoms with E-state index in [0.717, 1.165) is 16.5 Å². The van der Waals surface area contributed by atoms with E-state index in [-0.39, 0.29) is 5.75 Å². The third-order valence-corrected chi connectivity index (χ3v) is 2.85. The molecule has 1 N–H and O–H groups in total. The average Bonchev–Trinajstić information content (AvgIpc) is 2.61. The quantitative estimate of drug-likeness (QED) is 0.790. The minimum Gasteiger partial charge on any atom is -0.508 e. The zero-order chi connectivity index (χ0) is 10.8. The van der Waals surface area contributed by atoms with Crippen molar-refractivity contribution in [2.75, 3.05) is 6.26 Å². The van der Waals surface area contributed by atoms with Crippen molar-refractivity contribution in [1.29, 1.82) is 0 Å². The summed E-state index contributed by atoms with van der Waals surface area (Å²) in [6.45, 7) is 2.01. The third kappa shape index (κ3) is 1.85. The smallest absolute Gasteiger partial charge is 0.172 e. The highest BCUT2D eigenvalue weighted by molar-refractivity contribution is 7.98. The molecule has 0 amide bonds. The van der Waals surface area contributed by atoms with Crippen molar-refractivity contribution in [3.63, 3.8) is 0 Å². The number of hydrogen-bond donors (Lipinski definition) is 1. The van der Waals surface area contributed by atoms with Crippen molar-refractivity contribution >= 4 is 11.8 Å². The lowest BCUT2D eigenvalue weighted by Crippen LogP contribution is -1.97. The predicted octanol–water partition coefficient (Wildman–Crippen LogP) is 2.61. The molecule has 0 fully saturated rings. The summed E-state index contributed by atoms with van der Waals surface area (Å²) < 4.78 is 2.06. The Morgan fingerprint density at radius 3 is 2.53 bits per heavy atom. The number of benzene rings is 1. The lowest BCUT2D eigenvalue weighted by Gasteiger charge is -2.08. The number of rotatable bonds is 2. The van der Waals surface area contributed by atoms with Gasteiger partial charge in [-0.25, -0.2) is 4.98 Å². The molecule has 0 bridgehead atoms. The minimum absolute atomic E-state index is 0.280. The van der Waals surface area contributed by atoms with Gasteiger partial charge in [0.05, 0.1) is 0 Å². The summed E-state index contributed by atoms with van der Waals surface area (Å²) in [5.41, 5.74) is 2.11. The van der Waals surface area contributed by atoms with Crippen molar-refractivity contribution in [3.05, 3.63) is 36.2 Å². The van der Waals surface area contributed by atoms with Gasteiger partial charge in [-0.3, -0.25) is 4.57 Å². The van der Waals surface area contributed by atoms with Crippen molar-refractivity contribution in [1.82, 2.24) is 9.55 Å². The Balaban J connectivity index is 2.52. The number of phenols is 1. The van der Waals surface area contributed by atoms with Crippen molar-refractivity contribution in [2.24, 2.45) is 0 Å². The molecule has 0 saturated carbocycles. The molecule has 0 atom stereocenters. The fraction of sp³-hybridized carbons (Fsp3) is 0.182. The Labute approximate surface area is 92.8 Å². The Bertz CT molecular complexity index is 462. The Morgan fingerprint density at radius 1 is 1.27 bits per heavy atom. The summed E-state index contributed by atoms with van der Waals surface area (Å²) in [4.78, 5) is 4.30. The first-order chi connectivity index (χ1) is 7.22. The zero-order valence-corrected chi connectivity index (χ0v) is 9.45. The molecule has 4 heteroatoms. The first-order valence-corrected chi connectivity index (χ1v) is 5.82. The number of aryl methyl sites for hydroxylation is 1. The van der Waals surface area contributed by atoms with E-state index < -0.39 is 0 Å². The second-order valence-electron chi connectivity index (χ2n) is 3.24. The number of nitrogens with zero attached hydrogens (tertiary/aromatic N) is 2. The van der Waals surface area contributed by atoms with Crippen LogP contribution >= 0.6 is 11.8 Å². The monoisotopic (exact) mass is 220 g/mol. The molecular formula is C11H12N2OS. The maximum atomic E-state index is 9.22. The maximum Gasteiger partial charge on any atom is 0.172 e. The van der Waals surface area contributed by atoms with Gasteiger partial charge in [-0.2, -0.15) is 0 Å². The first kappa shape index (κ1) is 10.1. The van der Waals surface area contributed by atoms with Crippen molar-refractivity contribution in [2.45, 2.75) is 12.1 Å². The van der Waals surface area contributed by atoms with Gasteiger partial charge < -0.3 is 5.11 Å². The molecule has 0 radical (unpaired) electrons. The third-order valence-electron chi connectivity index (χ3n) is 2.20. The molecule has 1 aromatic carbocycles. The van der Waals surface area contributed by atoms with Crippen LogP contribution in [0.5, 0.6) is 5.75 Å². The Kier molecular flexibility index (Phi) is 2.68. The van der Waals surface area contributed by atoms with Crippen LogP contribution in [-0.4, -0.2) is 20.9 Å². The number of aromatic hydroxyl groups is 1. The molecule has 0 unspecified atom stereocenters. The van der Waals surface area contributed by atoms with E-state index in [1.807, 2.05) is 31.5 Å². The largest absolute Gasteiger partial charge is 0.508 e. The van der Waals surface area contributed by atoms with Crippen LogP contribution in [0.4, 0.5) is 0 Å². The number of thioether (sulfide) groups is 1. The lowest BCUT2D eigenvalue weighted by molar-refractivity contribution is 0.475. The number of aromatic nitrogens is 2. The molecule has 2 rings (SSSR count). The average molecular weight is 220 g/mol. The molecule has 0 saturated heterocycles. The summed E-state index contributed by atoms with van der Waals surface area (Å²) in [5.74, 6) is 0.280. The topological polar surface area (TPSA) is 38.0 Å².